The molecule has 4 aliphatic rings. The molecule has 40 heavy (non-hydrogen) atoms. The molecule has 2 saturated carbocycles. The molecule has 208 valence electrons. The van der Waals surface area contributed by atoms with Crippen LogP contribution in [0.15, 0.2) is 29.6 Å². The number of carbonyl (C=O) groups excluding carboxylic acids is 2. The zero-order valence-electron chi connectivity index (χ0n) is 22.4. The molecule has 3 aromatic rings. The zero-order valence-corrected chi connectivity index (χ0v) is 23.2. The van der Waals surface area contributed by atoms with Gasteiger partial charge in [-0.1, -0.05) is 18.7 Å². The molecule has 7 rings (SSSR count). The van der Waals surface area contributed by atoms with Crippen LogP contribution < -0.4 is 10.1 Å². The Morgan fingerprint density at radius 2 is 2.02 bits per heavy atom. The van der Waals surface area contributed by atoms with Crippen molar-refractivity contribution in [2.24, 2.45) is 0 Å². The molecule has 3 aromatic heterocycles. The van der Waals surface area contributed by atoms with Gasteiger partial charge in [-0.3, -0.25) is 14.6 Å². The smallest absolute Gasteiger partial charge is 0.270 e. The molecule has 2 aliphatic heterocycles. The standard InChI is InChI=1S/C29H31FN6O3S/c1-2-20-23(8-7-22(33-20)28(38)32-18-5-6-18)39-15-24(37)35-10-9-21-26(36-11-12-40-29(36)34-21)27(35)25-19(30)13-17(14-31-25)16-3-4-16/h7-8,13-14,16,18,27H,2-6,9-12,15H2,1H3,(H,32,38)/t27-/m0/s1. The van der Waals surface area contributed by atoms with Crippen molar-refractivity contribution < 1.29 is 18.7 Å². The summed E-state index contributed by atoms with van der Waals surface area (Å²) in [6, 6.07) is 4.48. The molecular formula is C29H31FN6O3S. The Morgan fingerprint density at radius 1 is 1.18 bits per heavy atom. The van der Waals surface area contributed by atoms with E-state index < -0.39 is 6.04 Å². The van der Waals surface area contributed by atoms with Gasteiger partial charge in [-0.15, -0.1) is 0 Å². The predicted molar refractivity (Wildman–Crippen MR) is 146 cm³/mol. The lowest BCUT2D eigenvalue weighted by Gasteiger charge is -2.36. The highest BCUT2D eigenvalue weighted by Gasteiger charge is 2.40. The van der Waals surface area contributed by atoms with Gasteiger partial charge in [0.05, 0.1) is 17.1 Å². The highest BCUT2D eigenvalue weighted by molar-refractivity contribution is 7.99. The molecular weight excluding hydrogens is 531 g/mol. The quantitative estimate of drug-likeness (QED) is 0.446. The summed E-state index contributed by atoms with van der Waals surface area (Å²) in [6.07, 6.45) is 7.02. The Labute approximate surface area is 235 Å². The van der Waals surface area contributed by atoms with Crippen LogP contribution in [0.1, 0.15) is 83.4 Å². The second-order valence-electron chi connectivity index (χ2n) is 10.9. The first kappa shape index (κ1) is 25.5. The van der Waals surface area contributed by atoms with E-state index in [4.69, 9.17) is 9.72 Å². The van der Waals surface area contributed by atoms with Crippen molar-refractivity contribution in [3.8, 4) is 5.75 Å². The monoisotopic (exact) mass is 562 g/mol. The lowest BCUT2D eigenvalue weighted by atomic mass is 9.97. The Balaban J connectivity index is 1.15. The number of thioether (sulfide) groups is 1. The van der Waals surface area contributed by atoms with E-state index >= 15 is 4.39 Å². The maximum absolute atomic E-state index is 15.6. The molecule has 0 unspecified atom stereocenters. The lowest BCUT2D eigenvalue weighted by Crippen LogP contribution is -2.44. The maximum Gasteiger partial charge on any atom is 0.270 e. The van der Waals surface area contributed by atoms with Crippen molar-refractivity contribution in [3.63, 3.8) is 0 Å². The largest absolute Gasteiger partial charge is 0.482 e. The minimum Gasteiger partial charge on any atom is -0.482 e. The number of rotatable bonds is 8. The molecule has 2 amide bonds. The van der Waals surface area contributed by atoms with Gasteiger partial charge < -0.3 is 19.5 Å². The first-order valence-corrected chi connectivity index (χ1v) is 15.1. The number of carbonyl (C=O) groups is 2. The van der Waals surface area contributed by atoms with Gasteiger partial charge >= 0.3 is 0 Å². The first-order valence-electron chi connectivity index (χ1n) is 14.1. The summed E-state index contributed by atoms with van der Waals surface area (Å²) in [5.74, 6) is 0.902. The van der Waals surface area contributed by atoms with Crippen molar-refractivity contribution in [1.29, 1.82) is 0 Å². The summed E-state index contributed by atoms with van der Waals surface area (Å²) in [5.41, 5.74) is 3.88. The maximum atomic E-state index is 15.6. The van der Waals surface area contributed by atoms with E-state index in [1.54, 1.807) is 41.1 Å². The second kappa shape index (κ2) is 10.2. The van der Waals surface area contributed by atoms with E-state index in [1.165, 1.54) is 0 Å². The number of nitrogens with one attached hydrogen (secondary N) is 1. The number of fused-ring (bicyclic) bond motifs is 3. The molecule has 0 spiro atoms. The fraction of sp³-hybridized carbons (Fsp3) is 0.483. The van der Waals surface area contributed by atoms with Gasteiger partial charge in [0.1, 0.15) is 29.0 Å². The van der Waals surface area contributed by atoms with E-state index in [2.05, 4.69) is 19.9 Å². The molecule has 1 atom stereocenters. The molecule has 2 aliphatic carbocycles. The Kier molecular flexibility index (Phi) is 6.48. The van der Waals surface area contributed by atoms with Crippen LogP contribution in [0, 0.1) is 5.82 Å². The number of imidazole rings is 1. The molecule has 0 saturated heterocycles. The van der Waals surface area contributed by atoms with Gasteiger partial charge in [0, 0.05) is 37.5 Å². The molecule has 2 fully saturated rings. The minimum atomic E-state index is -0.676. The highest BCUT2D eigenvalue weighted by atomic mass is 32.2. The molecule has 0 radical (unpaired) electrons. The van der Waals surface area contributed by atoms with Crippen LogP contribution in [0.25, 0.3) is 0 Å². The van der Waals surface area contributed by atoms with Gasteiger partial charge in [0.2, 0.25) is 0 Å². The number of hydrogen-bond acceptors (Lipinski definition) is 7. The number of aryl methyl sites for hydroxylation is 1. The van der Waals surface area contributed by atoms with Gasteiger partial charge in [0.25, 0.3) is 11.8 Å². The van der Waals surface area contributed by atoms with E-state index in [0.29, 0.717) is 42.4 Å². The van der Waals surface area contributed by atoms with Crippen molar-refractivity contribution in [3.05, 3.63) is 64.2 Å². The number of halogens is 1. The Bertz CT molecular complexity index is 1500. The Morgan fingerprint density at radius 3 is 2.77 bits per heavy atom. The van der Waals surface area contributed by atoms with Crippen LogP contribution in [0.5, 0.6) is 5.75 Å². The van der Waals surface area contributed by atoms with Crippen LogP contribution in [-0.4, -0.2) is 61.2 Å². The molecule has 1 N–H and O–H groups in total. The summed E-state index contributed by atoms with van der Waals surface area (Å²) in [4.78, 5) is 41.7. The van der Waals surface area contributed by atoms with Crippen LogP contribution in [0.2, 0.25) is 0 Å². The average Bonchev–Trinajstić information content (AvgIpc) is 3.89. The number of amides is 2. The Hall–Kier alpha value is -3.47. The molecule has 0 bridgehead atoms. The molecule has 9 nitrogen and oxygen atoms in total. The van der Waals surface area contributed by atoms with E-state index in [9.17, 15) is 9.59 Å². The lowest BCUT2D eigenvalue weighted by molar-refractivity contribution is -0.135. The van der Waals surface area contributed by atoms with E-state index in [-0.39, 0.29) is 36.0 Å². The summed E-state index contributed by atoms with van der Waals surface area (Å²) in [5, 5.41) is 3.86. The van der Waals surface area contributed by atoms with Crippen LogP contribution >= 0.6 is 11.8 Å². The zero-order chi connectivity index (χ0) is 27.4. The average molecular weight is 563 g/mol. The number of hydrogen-bond donors (Lipinski definition) is 1. The van der Waals surface area contributed by atoms with Crippen molar-refractivity contribution in [2.45, 2.75) is 75.2 Å². The third-order valence-electron chi connectivity index (χ3n) is 8.04. The number of nitrogens with zero attached hydrogens (tertiary/aromatic N) is 5. The molecule has 5 heterocycles. The minimum absolute atomic E-state index is 0.194. The van der Waals surface area contributed by atoms with Crippen molar-refractivity contribution >= 4 is 23.6 Å². The summed E-state index contributed by atoms with van der Waals surface area (Å²) in [6.45, 7) is 2.86. The number of ether oxygens (including phenoxy) is 1. The summed E-state index contributed by atoms with van der Waals surface area (Å²) >= 11 is 1.68. The number of pyridine rings is 2. The van der Waals surface area contributed by atoms with Crippen LogP contribution in [0.4, 0.5) is 4.39 Å². The summed E-state index contributed by atoms with van der Waals surface area (Å²) < 4.78 is 23.7. The van der Waals surface area contributed by atoms with Gasteiger partial charge in [0.15, 0.2) is 11.8 Å². The van der Waals surface area contributed by atoms with Crippen LogP contribution in [-0.2, 0) is 24.2 Å². The van der Waals surface area contributed by atoms with E-state index in [0.717, 1.165) is 60.1 Å². The second-order valence-corrected chi connectivity index (χ2v) is 12.0. The van der Waals surface area contributed by atoms with E-state index in [1.807, 2.05) is 6.92 Å². The predicted octanol–water partition coefficient (Wildman–Crippen LogP) is 3.80. The normalized spacial score (nSPS) is 19.8. The molecule has 11 heteroatoms. The van der Waals surface area contributed by atoms with Gasteiger partial charge in [-0.05, 0) is 61.8 Å². The SMILES string of the molecule is CCc1nc(C(=O)NC2CC2)ccc1OCC(=O)N1CCc2nc3n(c2[C@@H]1c1ncc(C2CC2)cc1F)CCS3. The fourth-order valence-electron chi connectivity index (χ4n) is 5.60. The third-order valence-corrected chi connectivity index (χ3v) is 8.99. The van der Waals surface area contributed by atoms with Crippen LogP contribution in [0.3, 0.4) is 0 Å². The number of aromatic nitrogens is 4. The fourth-order valence-corrected chi connectivity index (χ4v) is 6.57. The van der Waals surface area contributed by atoms with Gasteiger partial charge in [-0.2, -0.15) is 0 Å². The third kappa shape index (κ3) is 4.74. The summed E-state index contributed by atoms with van der Waals surface area (Å²) in [7, 11) is 0. The van der Waals surface area contributed by atoms with Crippen molar-refractivity contribution in [2.75, 3.05) is 18.9 Å². The highest BCUT2D eigenvalue weighted by Crippen LogP contribution is 2.43. The van der Waals surface area contributed by atoms with Gasteiger partial charge in [-0.25, -0.2) is 14.4 Å². The molecule has 0 aromatic carbocycles. The topological polar surface area (TPSA) is 102 Å². The van der Waals surface area contributed by atoms with Crippen molar-refractivity contribution in [1.82, 2.24) is 29.7 Å². The first-order chi connectivity index (χ1) is 19.5.